The van der Waals surface area contributed by atoms with E-state index in [9.17, 15) is 0 Å². The molecule has 0 saturated heterocycles. The third-order valence-electron chi connectivity index (χ3n) is 2.11. The molecule has 0 bridgehead atoms. The van der Waals surface area contributed by atoms with Crippen molar-refractivity contribution in [2.75, 3.05) is 5.43 Å². The molecular formula is C10H14N6. The third-order valence-corrected chi connectivity index (χ3v) is 2.11. The van der Waals surface area contributed by atoms with E-state index in [1.165, 1.54) is 0 Å². The van der Waals surface area contributed by atoms with Crippen LogP contribution in [0, 0.1) is 13.8 Å². The summed E-state index contributed by atoms with van der Waals surface area (Å²) in [6.07, 6.45) is 3.75. The Kier molecular flexibility index (Phi) is 2.82. The third kappa shape index (κ3) is 2.34. The maximum atomic E-state index is 5.32. The molecule has 0 radical (unpaired) electrons. The van der Waals surface area contributed by atoms with Crippen molar-refractivity contribution < 1.29 is 0 Å². The SMILES string of the molecule is Cc1cnn(Cc2nc(C)cc(NN)n2)c1. The Balaban J connectivity index is 2.24. The summed E-state index contributed by atoms with van der Waals surface area (Å²) in [5, 5.41) is 4.18. The maximum Gasteiger partial charge on any atom is 0.152 e. The summed E-state index contributed by atoms with van der Waals surface area (Å²) < 4.78 is 1.80. The molecule has 0 unspecified atom stereocenters. The van der Waals surface area contributed by atoms with Crippen LogP contribution in [-0.4, -0.2) is 19.7 Å². The zero-order chi connectivity index (χ0) is 11.5. The Labute approximate surface area is 93.5 Å². The highest BCUT2D eigenvalue weighted by Crippen LogP contribution is 2.06. The van der Waals surface area contributed by atoms with Crippen LogP contribution in [0.15, 0.2) is 18.5 Å². The zero-order valence-corrected chi connectivity index (χ0v) is 9.31. The molecule has 6 heteroatoms. The van der Waals surface area contributed by atoms with Crippen molar-refractivity contribution in [1.29, 1.82) is 0 Å². The maximum absolute atomic E-state index is 5.32. The first kappa shape index (κ1) is 10.6. The van der Waals surface area contributed by atoms with E-state index in [0.29, 0.717) is 18.2 Å². The number of anilines is 1. The Hall–Kier alpha value is -1.95. The summed E-state index contributed by atoms with van der Waals surface area (Å²) in [6.45, 7) is 4.44. The van der Waals surface area contributed by atoms with Gasteiger partial charge < -0.3 is 5.43 Å². The van der Waals surface area contributed by atoms with Crippen LogP contribution in [0.1, 0.15) is 17.1 Å². The van der Waals surface area contributed by atoms with E-state index in [1.807, 2.05) is 20.0 Å². The van der Waals surface area contributed by atoms with E-state index in [1.54, 1.807) is 16.9 Å². The number of nitrogens with two attached hydrogens (primary N) is 1. The van der Waals surface area contributed by atoms with Crippen LogP contribution >= 0.6 is 0 Å². The highest BCUT2D eigenvalue weighted by Gasteiger charge is 2.03. The van der Waals surface area contributed by atoms with Crippen molar-refractivity contribution in [3.63, 3.8) is 0 Å². The molecule has 0 atom stereocenters. The summed E-state index contributed by atoms with van der Waals surface area (Å²) in [4.78, 5) is 8.57. The molecule has 2 aromatic heterocycles. The van der Waals surface area contributed by atoms with Gasteiger partial charge in [0.2, 0.25) is 0 Å². The van der Waals surface area contributed by atoms with Gasteiger partial charge in [-0.25, -0.2) is 15.8 Å². The summed E-state index contributed by atoms with van der Waals surface area (Å²) in [5.74, 6) is 6.63. The van der Waals surface area contributed by atoms with E-state index in [4.69, 9.17) is 5.84 Å². The topological polar surface area (TPSA) is 81.7 Å². The number of nitrogens with zero attached hydrogens (tertiary/aromatic N) is 4. The first-order valence-electron chi connectivity index (χ1n) is 4.97. The van der Waals surface area contributed by atoms with Crippen molar-refractivity contribution in [3.8, 4) is 0 Å². The number of aromatic nitrogens is 4. The first-order chi connectivity index (χ1) is 7.67. The van der Waals surface area contributed by atoms with Crippen LogP contribution in [0.3, 0.4) is 0 Å². The Morgan fingerprint density at radius 3 is 2.81 bits per heavy atom. The largest absolute Gasteiger partial charge is 0.308 e. The fraction of sp³-hybridized carbons (Fsp3) is 0.300. The number of hydrazine groups is 1. The van der Waals surface area contributed by atoms with E-state index >= 15 is 0 Å². The lowest BCUT2D eigenvalue weighted by Gasteiger charge is -2.05. The molecule has 2 rings (SSSR count). The quantitative estimate of drug-likeness (QED) is 0.583. The van der Waals surface area contributed by atoms with Gasteiger partial charge in [-0.15, -0.1) is 0 Å². The van der Waals surface area contributed by atoms with Gasteiger partial charge in [-0.3, -0.25) is 4.68 Å². The average Bonchev–Trinajstić information content (AvgIpc) is 2.63. The van der Waals surface area contributed by atoms with E-state index in [0.717, 1.165) is 11.3 Å². The Morgan fingerprint density at radius 1 is 1.38 bits per heavy atom. The van der Waals surface area contributed by atoms with Gasteiger partial charge in [-0.2, -0.15) is 5.10 Å². The minimum atomic E-state index is 0.546. The van der Waals surface area contributed by atoms with Gasteiger partial charge in [0.05, 0.1) is 6.20 Å². The predicted octanol–water partition coefficient (Wildman–Crippen LogP) is 0.624. The zero-order valence-electron chi connectivity index (χ0n) is 9.31. The second kappa shape index (κ2) is 4.28. The lowest BCUT2D eigenvalue weighted by Crippen LogP contribution is -2.12. The highest BCUT2D eigenvalue weighted by atomic mass is 15.3. The number of rotatable bonds is 3. The lowest BCUT2D eigenvalue weighted by molar-refractivity contribution is 0.653. The van der Waals surface area contributed by atoms with Crippen molar-refractivity contribution >= 4 is 5.82 Å². The summed E-state index contributed by atoms with van der Waals surface area (Å²) >= 11 is 0. The summed E-state index contributed by atoms with van der Waals surface area (Å²) in [5.41, 5.74) is 4.51. The second-order valence-electron chi connectivity index (χ2n) is 3.67. The molecule has 3 N–H and O–H groups in total. The van der Waals surface area contributed by atoms with Crippen LogP contribution < -0.4 is 11.3 Å². The minimum Gasteiger partial charge on any atom is -0.308 e. The fourth-order valence-corrected chi connectivity index (χ4v) is 1.47. The second-order valence-corrected chi connectivity index (χ2v) is 3.67. The molecule has 0 spiro atoms. The Bertz CT molecular complexity index is 490. The van der Waals surface area contributed by atoms with Crippen LogP contribution in [0.25, 0.3) is 0 Å². The summed E-state index contributed by atoms with van der Waals surface area (Å²) in [6, 6.07) is 1.79. The standard InChI is InChI=1S/C10H14N6/c1-7-4-12-16(5-7)6-10-13-8(2)3-9(14-10)15-11/h3-5H,6,11H2,1-2H3,(H,13,14,15). The van der Waals surface area contributed by atoms with Gasteiger partial charge in [-0.1, -0.05) is 0 Å². The number of nitrogen functional groups attached to an aromatic ring is 1. The van der Waals surface area contributed by atoms with E-state index < -0.39 is 0 Å². The predicted molar refractivity (Wildman–Crippen MR) is 60.6 cm³/mol. The van der Waals surface area contributed by atoms with Crippen LogP contribution in [0.4, 0.5) is 5.82 Å². The molecule has 0 aliphatic rings. The molecule has 6 nitrogen and oxygen atoms in total. The molecule has 0 aliphatic heterocycles. The van der Waals surface area contributed by atoms with Gasteiger partial charge in [0.15, 0.2) is 5.82 Å². The fourth-order valence-electron chi connectivity index (χ4n) is 1.47. The molecule has 0 aliphatic carbocycles. The smallest absolute Gasteiger partial charge is 0.152 e. The van der Waals surface area contributed by atoms with Gasteiger partial charge >= 0.3 is 0 Å². The van der Waals surface area contributed by atoms with Crippen molar-refractivity contribution in [2.24, 2.45) is 5.84 Å². The van der Waals surface area contributed by atoms with Gasteiger partial charge in [0.25, 0.3) is 0 Å². The van der Waals surface area contributed by atoms with Crippen LogP contribution in [0.2, 0.25) is 0 Å². The average molecular weight is 218 g/mol. The summed E-state index contributed by atoms with van der Waals surface area (Å²) in [7, 11) is 0. The van der Waals surface area contributed by atoms with E-state index in [-0.39, 0.29) is 0 Å². The van der Waals surface area contributed by atoms with Crippen molar-refractivity contribution in [2.45, 2.75) is 20.4 Å². The molecule has 0 amide bonds. The molecule has 16 heavy (non-hydrogen) atoms. The van der Waals surface area contributed by atoms with Gasteiger partial charge in [0, 0.05) is 18.0 Å². The monoisotopic (exact) mass is 218 g/mol. The number of aryl methyl sites for hydroxylation is 2. The van der Waals surface area contributed by atoms with Crippen LogP contribution in [0.5, 0.6) is 0 Å². The molecule has 2 heterocycles. The molecule has 84 valence electrons. The highest BCUT2D eigenvalue weighted by molar-refractivity contribution is 5.33. The van der Waals surface area contributed by atoms with Crippen LogP contribution in [-0.2, 0) is 6.54 Å². The van der Waals surface area contributed by atoms with Gasteiger partial charge in [0.1, 0.15) is 12.4 Å². The van der Waals surface area contributed by atoms with Crippen molar-refractivity contribution in [3.05, 3.63) is 35.5 Å². The molecule has 0 aromatic carbocycles. The molecule has 0 fully saturated rings. The number of hydrogen-bond acceptors (Lipinski definition) is 5. The minimum absolute atomic E-state index is 0.546. The van der Waals surface area contributed by atoms with Crippen molar-refractivity contribution in [1.82, 2.24) is 19.7 Å². The normalized spacial score (nSPS) is 10.4. The molecule has 0 saturated carbocycles. The molecule has 2 aromatic rings. The van der Waals surface area contributed by atoms with E-state index in [2.05, 4.69) is 20.5 Å². The Morgan fingerprint density at radius 2 is 2.19 bits per heavy atom. The van der Waals surface area contributed by atoms with Gasteiger partial charge in [-0.05, 0) is 19.4 Å². The number of hydrogen-bond donors (Lipinski definition) is 2. The lowest BCUT2D eigenvalue weighted by atomic mass is 10.4. The molecular weight excluding hydrogens is 204 g/mol. The first-order valence-corrected chi connectivity index (χ1v) is 4.97. The number of nitrogens with one attached hydrogen (secondary N) is 1.